The number of benzene rings is 3. The Hall–Kier alpha value is -3.48. The van der Waals surface area contributed by atoms with E-state index in [9.17, 15) is 19.8 Å². The molecule has 0 bridgehead atoms. The number of halogens is 2. The van der Waals surface area contributed by atoms with Crippen LogP contribution in [0.5, 0.6) is 11.5 Å². The Kier molecular flexibility index (Phi) is 6.79. The number of Topliss-reactive ketones (excluding diaryl/α,β-unsaturated/α-hetero) is 1. The second kappa shape index (κ2) is 9.64. The van der Waals surface area contributed by atoms with Crippen LogP contribution in [0.1, 0.15) is 42.5 Å². The van der Waals surface area contributed by atoms with E-state index in [1.54, 1.807) is 24.3 Å². The van der Waals surface area contributed by atoms with E-state index < -0.39 is 23.5 Å². The predicted octanol–water partition coefficient (Wildman–Crippen LogP) is 6.46. The van der Waals surface area contributed by atoms with Crippen LogP contribution < -0.4 is 9.64 Å². The third kappa shape index (κ3) is 4.47. The number of aliphatic hydroxyl groups is 1. The maximum atomic E-state index is 13.3. The zero-order chi connectivity index (χ0) is 25.4. The maximum absolute atomic E-state index is 13.3. The van der Waals surface area contributed by atoms with Gasteiger partial charge in [0.05, 0.1) is 29.3 Å². The summed E-state index contributed by atoms with van der Waals surface area (Å²) in [7, 11) is 1.37. The number of nitrogens with zero attached hydrogens (tertiary/aromatic N) is 1. The summed E-state index contributed by atoms with van der Waals surface area (Å²) in [5, 5.41) is 21.5. The lowest BCUT2D eigenvalue weighted by Crippen LogP contribution is -2.29. The van der Waals surface area contributed by atoms with Crippen LogP contribution in [0.25, 0.3) is 5.76 Å². The van der Waals surface area contributed by atoms with Crippen LogP contribution in [0.3, 0.4) is 0 Å². The molecule has 0 aromatic heterocycles. The van der Waals surface area contributed by atoms with Gasteiger partial charge in [-0.15, -0.1) is 0 Å². The number of phenols is 1. The largest absolute Gasteiger partial charge is 0.508 e. The third-order valence-electron chi connectivity index (χ3n) is 5.96. The summed E-state index contributed by atoms with van der Waals surface area (Å²) in [5.74, 6) is -1.71. The van der Waals surface area contributed by atoms with Gasteiger partial charge in [0.2, 0.25) is 0 Å². The van der Waals surface area contributed by atoms with E-state index in [0.717, 1.165) is 5.56 Å². The minimum absolute atomic E-state index is 0.0234. The van der Waals surface area contributed by atoms with E-state index in [4.69, 9.17) is 27.9 Å². The van der Waals surface area contributed by atoms with Crippen LogP contribution in [0.2, 0.25) is 10.0 Å². The Morgan fingerprint density at radius 2 is 1.63 bits per heavy atom. The van der Waals surface area contributed by atoms with E-state index in [-0.39, 0.29) is 38.6 Å². The number of hydrogen-bond acceptors (Lipinski definition) is 5. The summed E-state index contributed by atoms with van der Waals surface area (Å²) in [6.45, 7) is 4.11. The highest BCUT2D eigenvalue weighted by Crippen LogP contribution is 2.45. The number of carbonyl (C=O) groups is 2. The van der Waals surface area contributed by atoms with E-state index in [2.05, 4.69) is 13.8 Å². The summed E-state index contributed by atoms with van der Waals surface area (Å²) in [5.41, 5.74) is 2.02. The maximum Gasteiger partial charge on any atom is 0.300 e. The second-order valence-corrected chi connectivity index (χ2v) is 9.32. The fraction of sp³-hybridized carbons (Fsp3) is 0.185. The minimum Gasteiger partial charge on any atom is -0.508 e. The van der Waals surface area contributed by atoms with E-state index >= 15 is 0 Å². The van der Waals surface area contributed by atoms with Gasteiger partial charge in [0, 0.05) is 10.7 Å². The molecule has 2 N–H and O–H groups in total. The van der Waals surface area contributed by atoms with E-state index in [0.29, 0.717) is 11.3 Å². The number of amides is 1. The van der Waals surface area contributed by atoms with Crippen LogP contribution >= 0.6 is 23.2 Å². The van der Waals surface area contributed by atoms with Crippen LogP contribution in [-0.4, -0.2) is 29.0 Å². The van der Waals surface area contributed by atoms with Gasteiger partial charge >= 0.3 is 0 Å². The number of hydrogen-bond donors (Lipinski definition) is 2. The first-order valence-corrected chi connectivity index (χ1v) is 11.6. The van der Waals surface area contributed by atoms with Gasteiger partial charge in [-0.3, -0.25) is 14.5 Å². The highest BCUT2D eigenvalue weighted by Gasteiger charge is 2.47. The van der Waals surface area contributed by atoms with Crippen molar-refractivity contribution in [3.05, 3.63) is 93.0 Å². The molecule has 8 heteroatoms. The second-order valence-electron chi connectivity index (χ2n) is 8.48. The molecule has 6 nitrogen and oxygen atoms in total. The summed E-state index contributed by atoms with van der Waals surface area (Å²) < 4.78 is 5.35. The van der Waals surface area contributed by atoms with Gasteiger partial charge in [-0.1, -0.05) is 61.3 Å². The summed E-state index contributed by atoms with van der Waals surface area (Å²) >= 11 is 12.4. The van der Waals surface area contributed by atoms with Crippen molar-refractivity contribution in [3.8, 4) is 11.5 Å². The van der Waals surface area contributed by atoms with Gasteiger partial charge in [-0.2, -0.15) is 0 Å². The van der Waals surface area contributed by atoms with Gasteiger partial charge < -0.3 is 14.9 Å². The SMILES string of the molecule is COc1c(Cl)cc(Cl)cc1/C(O)=C1\C(=O)C(=O)N(c2ccc(C(C)C)cc2)C1c1ccc(O)cc1. The number of aliphatic hydroxyl groups excluding tert-OH is 1. The van der Waals surface area contributed by atoms with E-state index in [1.807, 2.05) is 12.1 Å². The van der Waals surface area contributed by atoms with Gasteiger partial charge in [0.15, 0.2) is 0 Å². The molecule has 1 heterocycles. The van der Waals surface area contributed by atoms with Gasteiger partial charge in [-0.05, 0) is 53.4 Å². The summed E-state index contributed by atoms with van der Waals surface area (Å²) in [4.78, 5) is 28.0. The first kappa shape index (κ1) is 24.6. The number of aromatic hydroxyl groups is 1. The summed E-state index contributed by atoms with van der Waals surface area (Å²) in [6.07, 6.45) is 0. The third-order valence-corrected chi connectivity index (χ3v) is 6.46. The molecule has 3 aromatic carbocycles. The van der Waals surface area contributed by atoms with Crippen molar-refractivity contribution in [1.82, 2.24) is 0 Å². The van der Waals surface area contributed by atoms with Crippen molar-refractivity contribution in [3.63, 3.8) is 0 Å². The van der Waals surface area contributed by atoms with Crippen LogP contribution in [0.15, 0.2) is 66.2 Å². The monoisotopic (exact) mass is 511 g/mol. The predicted molar refractivity (Wildman–Crippen MR) is 136 cm³/mol. The lowest BCUT2D eigenvalue weighted by molar-refractivity contribution is -0.132. The molecule has 35 heavy (non-hydrogen) atoms. The Labute approximate surface area is 213 Å². The Bertz CT molecular complexity index is 1330. The molecule has 1 aliphatic rings. The molecule has 0 saturated carbocycles. The highest BCUT2D eigenvalue weighted by molar-refractivity contribution is 6.52. The van der Waals surface area contributed by atoms with Crippen molar-refractivity contribution < 1.29 is 24.5 Å². The number of methoxy groups -OCH3 is 1. The van der Waals surface area contributed by atoms with Gasteiger partial charge in [0.1, 0.15) is 17.3 Å². The molecule has 3 aromatic rings. The fourth-order valence-corrected chi connectivity index (χ4v) is 4.75. The molecule has 1 atom stereocenters. The molecule has 0 radical (unpaired) electrons. The first-order valence-electron chi connectivity index (χ1n) is 10.9. The molecule has 1 aliphatic heterocycles. The van der Waals surface area contributed by atoms with Crippen LogP contribution in [0, 0.1) is 0 Å². The molecule has 1 fully saturated rings. The minimum atomic E-state index is -0.969. The zero-order valence-electron chi connectivity index (χ0n) is 19.3. The number of phenolic OH excluding ortho intramolecular Hbond substituents is 1. The fourth-order valence-electron chi connectivity index (χ4n) is 4.18. The van der Waals surface area contributed by atoms with Crippen LogP contribution in [0.4, 0.5) is 5.69 Å². The molecular formula is C27H23Cl2NO5. The Morgan fingerprint density at radius 1 is 1.00 bits per heavy atom. The topological polar surface area (TPSA) is 87.1 Å². The van der Waals surface area contributed by atoms with E-state index in [1.165, 1.54) is 36.3 Å². The molecule has 1 saturated heterocycles. The first-order chi connectivity index (χ1) is 16.6. The molecule has 0 spiro atoms. The molecular weight excluding hydrogens is 489 g/mol. The average molecular weight is 512 g/mol. The number of carbonyl (C=O) groups excluding carboxylic acids is 2. The van der Waals surface area contributed by atoms with Crippen molar-refractivity contribution in [2.45, 2.75) is 25.8 Å². The van der Waals surface area contributed by atoms with Gasteiger partial charge in [-0.25, -0.2) is 0 Å². The highest BCUT2D eigenvalue weighted by atomic mass is 35.5. The molecule has 4 rings (SSSR count). The lowest BCUT2D eigenvalue weighted by Gasteiger charge is -2.26. The van der Waals surface area contributed by atoms with Crippen molar-refractivity contribution in [2.75, 3.05) is 12.0 Å². The van der Waals surface area contributed by atoms with Gasteiger partial charge in [0.25, 0.3) is 11.7 Å². The molecule has 1 unspecified atom stereocenters. The lowest BCUT2D eigenvalue weighted by atomic mass is 9.94. The van der Waals surface area contributed by atoms with Crippen LogP contribution in [-0.2, 0) is 9.59 Å². The number of ether oxygens (including phenoxy) is 1. The number of anilines is 1. The van der Waals surface area contributed by atoms with Crippen molar-refractivity contribution >= 4 is 46.3 Å². The molecule has 180 valence electrons. The number of rotatable bonds is 5. The van der Waals surface area contributed by atoms with Crippen molar-refractivity contribution in [1.29, 1.82) is 0 Å². The quantitative estimate of drug-likeness (QED) is 0.233. The number of ketones is 1. The van der Waals surface area contributed by atoms with Crippen molar-refractivity contribution in [2.24, 2.45) is 0 Å². The Balaban J connectivity index is 1.97. The Morgan fingerprint density at radius 3 is 2.20 bits per heavy atom. The normalized spacial score (nSPS) is 17.3. The zero-order valence-corrected chi connectivity index (χ0v) is 20.8. The average Bonchev–Trinajstić information content (AvgIpc) is 3.09. The smallest absolute Gasteiger partial charge is 0.300 e. The standard InChI is InChI=1S/C27H23Cl2NO5/c1-14(2)15-4-8-18(9-5-15)30-23(16-6-10-19(31)11-7-16)22(25(33)27(30)34)24(32)20-12-17(28)13-21(29)26(20)35-3/h4-14,23,31-32H,1-3H3/b24-22+. The molecule has 1 amide bonds. The summed E-state index contributed by atoms with van der Waals surface area (Å²) in [6, 6.07) is 15.3. The molecule has 0 aliphatic carbocycles.